The highest BCUT2D eigenvalue weighted by Crippen LogP contribution is 2.21. The molecule has 1 heterocycles. The minimum Gasteiger partial charge on any atom is -0.460 e. The van der Waals surface area contributed by atoms with Gasteiger partial charge in [-0.2, -0.15) is 0 Å². The van der Waals surface area contributed by atoms with E-state index in [2.05, 4.69) is 21.3 Å². The number of unbranched alkanes of at least 4 members (excludes halogenated alkanes) is 1. The molecule has 0 radical (unpaired) electrons. The molecule has 1 aliphatic heterocycles. The highest BCUT2D eigenvalue weighted by atomic mass is 16.5. The molecule has 1 fully saturated rings. The van der Waals surface area contributed by atoms with Gasteiger partial charge in [0.15, 0.2) is 0 Å². The maximum absolute atomic E-state index is 13.7. The molecule has 14 nitrogen and oxygen atoms in total. The van der Waals surface area contributed by atoms with E-state index in [1.165, 1.54) is 18.9 Å². The number of amides is 5. The molecule has 0 bridgehead atoms. The summed E-state index contributed by atoms with van der Waals surface area (Å²) in [5.74, 6) is -5.69. The van der Waals surface area contributed by atoms with E-state index >= 15 is 0 Å². The van der Waals surface area contributed by atoms with Gasteiger partial charge in [-0.1, -0.05) is 60.8 Å². The Bertz CT molecular complexity index is 1010. The lowest BCUT2D eigenvalue weighted by atomic mass is 9.94. The Hall–Kier alpha value is -3.26. The van der Waals surface area contributed by atoms with Crippen LogP contribution in [0.15, 0.2) is 0 Å². The number of hydrogen-bond acceptors (Lipinski definition) is 9. The number of aliphatic hydroxyl groups excluding tert-OH is 2. The fraction of sp³-hybridized carbons (Fsp3) is 0.800. The molecule has 2 unspecified atom stereocenters. The van der Waals surface area contributed by atoms with Gasteiger partial charge in [-0.15, -0.1) is 0 Å². The summed E-state index contributed by atoms with van der Waals surface area (Å²) >= 11 is 0. The molecule has 1 saturated heterocycles. The van der Waals surface area contributed by atoms with E-state index in [0.717, 1.165) is 6.42 Å². The number of nitrogens with one attached hydrogen (secondary N) is 4. The molecule has 14 heteroatoms. The van der Waals surface area contributed by atoms with Gasteiger partial charge in [-0.25, -0.2) is 0 Å². The highest BCUT2D eigenvalue weighted by molar-refractivity contribution is 5.96. The normalized spacial score (nSPS) is 28.5. The molecular weight excluding hydrogens is 574 g/mol. The molecule has 44 heavy (non-hydrogen) atoms. The average Bonchev–Trinajstić information content (AvgIpc) is 2.98. The molecule has 1 aliphatic rings. The second-order valence-electron chi connectivity index (χ2n) is 12.1. The van der Waals surface area contributed by atoms with Crippen molar-refractivity contribution >= 4 is 35.5 Å². The largest absolute Gasteiger partial charge is 0.460 e. The van der Waals surface area contributed by atoms with Gasteiger partial charge in [0.05, 0.1) is 18.6 Å². The Balaban J connectivity index is 3.63. The first-order valence-electron chi connectivity index (χ1n) is 15.5. The minimum atomic E-state index is -1.53. The number of ether oxygens (including phenoxy) is 1. The van der Waals surface area contributed by atoms with E-state index in [1.54, 1.807) is 13.8 Å². The van der Waals surface area contributed by atoms with Crippen molar-refractivity contribution in [3.8, 4) is 0 Å². The van der Waals surface area contributed by atoms with Gasteiger partial charge in [0, 0.05) is 7.05 Å². The Labute approximate surface area is 260 Å². The third-order valence-corrected chi connectivity index (χ3v) is 7.96. The van der Waals surface area contributed by atoms with Gasteiger partial charge in [-0.3, -0.25) is 28.8 Å². The second-order valence-corrected chi connectivity index (χ2v) is 12.1. The van der Waals surface area contributed by atoms with Gasteiger partial charge in [0.1, 0.15) is 36.8 Å². The van der Waals surface area contributed by atoms with Crippen molar-refractivity contribution in [2.45, 2.75) is 117 Å². The van der Waals surface area contributed by atoms with Crippen LogP contribution in [0.2, 0.25) is 0 Å². The monoisotopic (exact) mass is 627 g/mol. The minimum absolute atomic E-state index is 0.00422. The van der Waals surface area contributed by atoms with Crippen LogP contribution >= 0.6 is 0 Å². The third-order valence-electron chi connectivity index (χ3n) is 7.96. The van der Waals surface area contributed by atoms with Crippen molar-refractivity contribution < 1.29 is 43.7 Å². The Morgan fingerprint density at radius 1 is 0.909 bits per heavy atom. The van der Waals surface area contributed by atoms with Crippen LogP contribution in [-0.4, -0.2) is 107 Å². The van der Waals surface area contributed by atoms with Crippen molar-refractivity contribution in [1.82, 2.24) is 26.2 Å². The van der Waals surface area contributed by atoms with Gasteiger partial charge in [0.25, 0.3) is 0 Å². The lowest BCUT2D eigenvalue weighted by Gasteiger charge is -2.34. The van der Waals surface area contributed by atoms with Crippen LogP contribution in [0.4, 0.5) is 0 Å². The van der Waals surface area contributed by atoms with Crippen molar-refractivity contribution in [2.75, 3.05) is 20.2 Å². The standard InChI is InChI=1S/C30H53N5O9/c1-9-11-12-22-18(6)30(43)35(8)21(13-16(3)4)27(40)33-24(17(5)10-2)29(42)32-20(15-36)26(39)34-25(19(7)37)28(41)31-14-23(38)44-22/h16-22,24-25,36-37H,9-15H2,1-8H3,(H,31,41)(H,32,42)(H,33,40)(H,34,39)/t17-,18?,19+,20+,21+,22?,24+,25+/m1/s1. The molecule has 252 valence electrons. The Kier molecular flexibility index (Phi) is 16.3. The number of nitrogens with zero attached hydrogens (tertiary/aromatic N) is 1. The number of carbonyl (C=O) groups excluding carboxylic acids is 6. The fourth-order valence-corrected chi connectivity index (χ4v) is 4.88. The number of rotatable bonds is 9. The average molecular weight is 628 g/mol. The maximum Gasteiger partial charge on any atom is 0.325 e. The molecule has 5 amide bonds. The van der Waals surface area contributed by atoms with E-state index in [4.69, 9.17) is 4.74 Å². The quantitative estimate of drug-likeness (QED) is 0.184. The molecule has 0 aliphatic carbocycles. The van der Waals surface area contributed by atoms with Crippen LogP contribution in [0.3, 0.4) is 0 Å². The first-order chi connectivity index (χ1) is 20.6. The Morgan fingerprint density at radius 3 is 2.05 bits per heavy atom. The van der Waals surface area contributed by atoms with Crippen molar-refractivity contribution in [1.29, 1.82) is 0 Å². The summed E-state index contributed by atoms with van der Waals surface area (Å²) in [6.07, 6.45) is 0.278. The van der Waals surface area contributed by atoms with E-state index < -0.39 is 96.9 Å². The predicted octanol–water partition coefficient (Wildman–Crippen LogP) is -0.399. The summed E-state index contributed by atoms with van der Waals surface area (Å²) in [5.41, 5.74) is 0. The van der Waals surface area contributed by atoms with Crippen LogP contribution in [0.1, 0.15) is 80.6 Å². The second kappa shape index (κ2) is 18.5. The lowest BCUT2D eigenvalue weighted by Crippen LogP contribution is -2.61. The van der Waals surface area contributed by atoms with Crippen molar-refractivity contribution in [3.63, 3.8) is 0 Å². The lowest BCUT2D eigenvalue weighted by molar-refractivity contribution is -0.157. The topological polar surface area (TPSA) is 203 Å². The van der Waals surface area contributed by atoms with Crippen LogP contribution in [-0.2, 0) is 33.5 Å². The third kappa shape index (κ3) is 11.3. The SMILES string of the molecule is CCCCC1OC(=O)CNC(=O)[C@H]([C@H](C)O)NC(=O)[C@H](CO)NC(=O)[C@H]([C@H](C)CC)NC(=O)[C@H](CC(C)C)N(C)C(=O)C1C. The van der Waals surface area contributed by atoms with Crippen molar-refractivity contribution in [2.24, 2.45) is 17.8 Å². The Morgan fingerprint density at radius 2 is 1.52 bits per heavy atom. The number of likely N-dealkylation sites (N-methyl/N-ethyl adjacent to an activating group) is 1. The molecule has 0 spiro atoms. The molecule has 0 aromatic heterocycles. The molecule has 0 aromatic rings. The number of carbonyl (C=O) groups is 6. The van der Waals surface area contributed by atoms with Gasteiger partial charge < -0.3 is 41.1 Å². The van der Waals surface area contributed by atoms with E-state index in [1.807, 2.05) is 27.7 Å². The van der Waals surface area contributed by atoms with E-state index in [9.17, 15) is 39.0 Å². The smallest absolute Gasteiger partial charge is 0.325 e. The summed E-state index contributed by atoms with van der Waals surface area (Å²) in [7, 11) is 1.49. The predicted molar refractivity (Wildman–Crippen MR) is 162 cm³/mol. The maximum atomic E-state index is 13.7. The molecule has 1 rings (SSSR count). The summed E-state index contributed by atoms with van der Waals surface area (Å²) in [5, 5.41) is 29.9. The fourth-order valence-electron chi connectivity index (χ4n) is 4.88. The summed E-state index contributed by atoms with van der Waals surface area (Å²) in [6, 6.07) is -5.14. The highest BCUT2D eigenvalue weighted by Gasteiger charge is 2.38. The number of aliphatic hydroxyl groups is 2. The zero-order chi connectivity index (χ0) is 33.7. The van der Waals surface area contributed by atoms with Crippen molar-refractivity contribution in [3.05, 3.63) is 0 Å². The summed E-state index contributed by atoms with van der Waals surface area (Å²) in [4.78, 5) is 80.8. The van der Waals surface area contributed by atoms with Gasteiger partial charge >= 0.3 is 5.97 Å². The first-order valence-corrected chi connectivity index (χ1v) is 15.5. The molecule has 6 N–H and O–H groups in total. The van der Waals surface area contributed by atoms with Gasteiger partial charge in [-0.05, 0) is 31.6 Å². The van der Waals surface area contributed by atoms with Crippen LogP contribution < -0.4 is 21.3 Å². The summed E-state index contributed by atoms with van der Waals surface area (Å²) < 4.78 is 5.63. The van der Waals surface area contributed by atoms with Crippen LogP contribution in [0.25, 0.3) is 0 Å². The zero-order valence-electron chi connectivity index (χ0n) is 27.3. The zero-order valence-corrected chi connectivity index (χ0v) is 27.3. The van der Waals surface area contributed by atoms with Crippen LogP contribution in [0, 0.1) is 17.8 Å². The number of esters is 1. The number of cyclic esters (lactones) is 1. The van der Waals surface area contributed by atoms with E-state index in [-0.39, 0.29) is 12.3 Å². The van der Waals surface area contributed by atoms with Gasteiger partial charge in [0.2, 0.25) is 29.5 Å². The summed E-state index contributed by atoms with van der Waals surface area (Å²) in [6.45, 7) is 10.7. The van der Waals surface area contributed by atoms with E-state index in [0.29, 0.717) is 19.3 Å². The molecule has 0 aromatic carbocycles. The first kappa shape index (κ1) is 38.8. The molecule has 8 atom stereocenters. The van der Waals surface area contributed by atoms with Crippen LogP contribution in [0.5, 0.6) is 0 Å². The number of hydrogen-bond donors (Lipinski definition) is 6. The molecular formula is C30H53N5O9. The molecule has 0 saturated carbocycles.